The fourth-order valence-electron chi connectivity index (χ4n) is 6.75. The molecule has 1 aromatic heterocycles. The predicted octanol–water partition coefficient (Wildman–Crippen LogP) is 4.17. The fraction of sp³-hybridized carbons (Fsp3) is 0.552. The van der Waals surface area contributed by atoms with E-state index in [0.717, 1.165) is 55.8 Å². The number of benzene rings is 1. The molecule has 2 unspecified atom stereocenters. The zero-order valence-corrected chi connectivity index (χ0v) is 20.9. The number of nitrogens with zero attached hydrogens (tertiary/aromatic N) is 1. The largest absolute Gasteiger partial charge is 0.348 e. The molecule has 190 valence electrons. The number of nitrogens with one attached hydrogen (secondary N) is 3. The lowest BCUT2D eigenvalue weighted by molar-refractivity contribution is -0.117. The first-order valence-corrected chi connectivity index (χ1v) is 13.8. The molecule has 1 spiro atoms. The van der Waals surface area contributed by atoms with Gasteiger partial charge in [-0.05, 0) is 75.1 Å². The molecule has 3 aliphatic carbocycles. The standard InChI is InChI=1S/C29H36N4O3/c34-26(13-10-19-6-1-2-7-19)31-22-8-3-4-9-23(22)32-27(35)21-12-11-20-16-25-28(36)30-18-29(14-5-15-29)33(25)24(20)17-21/h10-13,16-17,19,22-23H,1-9,14-15,18H2,(H,30,36)(H,31,34)(H,32,35)/b13-10+. The van der Waals surface area contributed by atoms with Crippen molar-refractivity contribution in [2.24, 2.45) is 5.92 Å². The van der Waals surface area contributed by atoms with E-state index in [1.807, 2.05) is 24.3 Å². The molecule has 3 saturated carbocycles. The normalized spacial score (nSPS) is 25.5. The van der Waals surface area contributed by atoms with Crippen LogP contribution >= 0.6 is 0 Å². The van der Waals surface area contributed by atoms with Crippen molar-refractivity contribution in [2.75, 3.05) is 6.54 Å². The van der Waals surface area contributed by atoms with Gasteiger partial charge in [-0.3, -0.25) is 14.4 Å². The summed E-state index contributed by atoms with van der Waals surface area (Å²) in [7, 11) is 0. The molecule has 0 saturated heterocycles. The number of hydrogen-bond donors (Lipinski definition) is 3. The maximum absolute atomic E-state index is 13.4. The van der Waals surface area contributed by atoms with Crippen LogP contribution in [0.15, 0.2) is 36.4 Å². The van der Waals surface area contributed by atoms with Gasteiger partial charge >= 0.3 is 0 Å². The summed E-state index contributed by atoms with van der Waals surface area (Å²) < 4.78 is 2.18. The highest BCUT2D eigenvalue weighted by Gasteiger charge is 2.44. The second kappa shape index (κ2) is 9.41. The van der Waals surface area contributed by atoms with Crippen LogP contribution in [0.4, 0.5) is 0 Å². The lowest BCUT2D eigenvalue weighted by Crippen LogP contribution is -2.55. The molecule has 6 rings (SSSR count). The van der Waals surface area contributed by atoms with Gasteiger partial charge in [0.05, 0.1) is 11.1 Å². The Morgan fingerprint density at radius 2 is 1.67 bits per heavy atom. The van der Waals surface area contributed by atoms with Gasteiger partial charge in [-0.2, -0.15) is 0 Å². The SMILES string of the molecule is O=C(/C=C/C1CCCC1)NC1CCCCC1NC(=O)c1ccc2cc3n(c2c1)C1(CCC1)CNC3=O. The van der Waals surface area contributed by atoms with E-state index in [9.17, 15) is 14.4 Å². The van der Waals surface area contributed by atoms with Gasteiger partial charge in [-0.25, -0.2) is 0 Å². The van der Waals surface area contributed by atoms with Crippen LogP contribution in [-0.4, -0.2) is 40.9 Å². The molecule has 2 aromatic rings. The third-order valence-electron chi connectivity index (χ3n) is 8.97. The number of fused-ring (bicyclic) bond motifs is 4. The molecule has 2 atom stereocenters. The smallest absolute Gasteiger partial charge is 0.268 e. The Balaban J connectivity index is 1.18. The van der Waals surface area contributed by atoms with Crippen molar-refractivity contribution < 1.29 is 14.4 Å². The fourth-order valence-corrected chi connectivity index (χ4v) is 6.75. The van der Waals surface area contributed by atoms with Crippen molar-refractivity contribution in [3.63, 3.8) is 0 Å². The molecule has 3 fully saturated rings. The van der Waals surface area contributed by atoms with Crippen LogP contribution in [0.1, 0.15) is 91.5 Å². The zero-order valence-electron chi connectivity index (χ0n) is 20.9. The highest BCUT2D eigenvalue weighted by Crippen LogP contribution is 2.44. The van der Waals surface area contributed by atoms with Crippen molar-refractivity contribution in [2.45, 2.75) is 88.3 Å². The van der Waals surface area contributed by atoms with E-state index in [1.165, 1.54) is 25.7 Å². The Morgan fingerprint density at radius 1 is 0.944 bits per heavy atom. The van der Waals surface area contributed by atoms with Crippen molar-refractivity contribution in [1.82, 2.24) is 20.5 Å². The Morgan fingerprint density at radius 3 is 2.39 bits per heavy atom. The van der Waals surface area contributed by atoms with Gasteiger partial charge in [0, 0.05) is 29.6 Å². The predicted molar refractivity (Wildman–Crippen MR) is 139 cm³/mol. The number of carbonyl (C=O) groups excluding carboxylic acids is 3. The molecular weight excluding hydrogens is 452 g/mol. The molecule has 0 radical (unpaired) electrons. The second-order valence-corrected chi connectivity index (χ2v) is 11.3. The summed E-state index contributed by atoms with van der Waals surface area (Å²) in [5.41, 5.74) is 2.18. The minimum Gasteiger partial charge on any atom is -0.348 e. The van der Waals surface area contributed by atoms with Crippen LogP contribution in [0.5, 0.6) is 0 Å². The van der Waals surface area contributed by atoms with E-state index >= 15 is 0 Å². The molecule has 4 aliphatic rings. The Hall–Kier alpha value is -3.09. The van der Waals surface area contributed by atoms with E-state index in [1.54, 1.807) is 6.08 Å². The molecule has 0 bridgehead atoms. The average Bonchev–Trinajstić information content (AvgIpc) is 3.52. The maximum atomic E-state index is 13.4. The Bertz CT molecular complexity index is 1220. The molecule has 1 aromatic carbocycles. The van der Waals surface area contributed by atoms with Crippen molar-refractivity contribution >= 4 is 28.6 Å². The van der Waals surface area contributed by atoms with E-state index in [4.69, 9.17) is 0 Å². The summed E-state index contributed by atoms with van der Waals surface area (Å²) in [6, 6.07) is 7.52. The Kier molecular flexibility index (Phi) is 6.10. The molecule has 7 heteroatoms. The number of amides is 3. The van der Waals surface area contributed by atoms with E-state index in [0.29, 0.717) is 23.7 Å². The molecule has 7 nitrogen and oxygen atoms in total. The van der Waals surface area contributed by atoms with Gasteiger partial charge < -0.3 is 20.5 Å². The van der Waals surface area contributed by atoms with Gasteiger partial charge in [0.1, 0.15) is 5.69 Å². The summed E-state index contributed by atoms with van der Waals surface area (Å²) in [6.45, 7) is 0.650. The van der Waals surface area contributed by atoms with Crippen molar-refractivity contribution in [3.05, 3.63) is 47.7 Å². The van der Waals surface area contributed by atoms with Crippen LogP contribution in [0.25, 0.3) is 10.9 Å². The Labute approximate surface area is 212 Å². The third kappa shape index (κ3) is 4.22. The summed E-state index contributed by atoms with van der Waals surface area (Å²) >= 11 is 0. The van der Waals surface area contributed by atoms with Gasteiger partial charge in [0.2, 0.25) is 5.91 Å². The summed E-state index contributed by atoms with van der Waals surface area (Å²) in [5, 5.41) is 10.4. The average molecular weight is 489 g/mol. The number of hydrogen-bond acceptors (Lipinski definition) is 3. The molecule has 3 N–H and O–H groups in total. The number of aromatic nitrogens is 1. The molecule has 3 amide bonds. The highest BCUT2D eigenvalue weighted by atomic mass is 16.2. The van der Waals surface area contributed by atoms with Crippen molar-refractivity contribution in [3.8, 4) is 0 Å². The highest BCUT2D eigenvalue weighted by molar-refractivity contribution is 6.03. The van der Waals surface area contributed by atoms with Crippen LogP contribution in [-0.2, 0) is 10.3 Å². The quantitative estimate of drug-likeness (QED) is 0.552. The van der Waals surface area contributed by atoms with E-state index in [2.05, 4.69) is 26.6 Å². The van der Waals surface area contributed by atoms with Gasteiger partial charge in [-0.1, -0.05) is 37.8 Å². The lowest BCUT2D eigenvalue weighted by Gasteiger charge is -2.47. The van der Waals surface area contributed by atoms with E-state index in [-0.39, 0.29) is 35.3 Å². The molecular formula is C29H36N4O3. The lowest BCUT2D eigenvalue weighted by atomic mass is 9.75. The summed E-state index contributed by atoms with van der Waals surface area (Å²) in [5.74, 6) is 0.302. The molecule has 36 heavy (non-hydrogen) atoms. The van der Waals surface area contributed by atoms with Crippen LogP contribution in [0, 0.1) is 5.92 Å². The first-order valence-electron chi connectivity index (χ1n) is 13.8. The van der Waals surface area contributed by atoms with Crippen molar-refractivity contribution in [1.29, 1.82) is 0 Å². The van der Waals surface area contributed by atoms with Crippen LogP contribution in [0.2, 0.25) is 0 Å². The monoisotopic (exact) mass is 488 g/mol. The van der Waals surface area contributed by atoms with Gasteiger partial charge in [0.25, 0.3) is 11.8 Å². The summed E-state index contributed by atoms with van der Waals surface area (Å²) in [6.07, 6.45) is 15.7. The number of rotatable bonds is 5. The van der Waals surface area contributed by atoms with E-state index < -0.39 is 0 Å². The maximum Gasteiger partial charge on any atom is 0.268 e. The van der Waals surface area contributed by atoms with Gasteiger partial charge in [-0.15, -0.1) is 0 Å². The second-order valence-electron chi connectivity index (χ2n) is 11.3. The summed E-state index contributed by atoms with van der Waals surface area (Å²) in [4.78, 5) is 38.5. The zero-order chi connectivity index (χ0) is 24.7. The third-order valence-corrected chi connectivity index (χ3v) is 8.97. The van der Waals surface area contributed by atoms with Gasteiger partial charge in [0.15, 0.2) is 0 Å². The molecule has 2 heterocycles. The minimum absolute atomic E-state index is 0.0440. The molecule has 1 aliphatic heterocycles. The first kappa shape index (κ1) is 23.3. The topological polar surface area (TPSA) is 92.2 Å². The first-order chi connectivity index (χ1) is 17.5. The van der Waals surface area contributed by atoms with Crippen LogP contribution in [0.3, 0.4) is 0 Å². The van der Waals surface area contributed by atoms with Crippen LogP contribution < -0.4 is 16.0 Å². The number of carbonyl (C=O) groups is 3. The minimum atomic E-state index is -0.122. The number of allylic oxidation sites excluding steroid dienone is 1.